The third-order valence-corrected chi connectivity index (χ3v) is 5.79. The van der Waals surface area contributed by atoms with E-state index in [2.05, 4.69) is 10.3 Å². The molecular weight excluding hydrogens is 414 g/mol. The summed E-state index contributed by atoms with van der Waals surface area (Å²) in [7, 11) is 0. The van der Waals surface area contributed by atoms with Gasteiger partial charge in [0.1, 0.15) is 12.2 Å². The molecule has 0 saturated carbocycles. The average Bonchev–Trinajstić information content (AvgIpc) is 3.33. The van der Waals surface area contributed by atoms with Crippen molar-refractivity contribution in [1.29, 1.82) is 5.26 Å². The highest BCUT2D eigenvalue weighted by Gasteiger charge is 2.37. The van der Waals surface area contributed by atoms with Crippen LogP contribution in [-0.4, -0.2) is 65.1 Å². The number of nitrogens with zero attached hydrogens (tertiary/aromatic N) is 4. The zero-order valence-corrected chi connectivity index (χ0v) is 16.6. The maximum absolute atomic E-state index is 13.6. The summed E-state index contributed by atoms with van der Waals surface area (Å²) in [6.07, 6.45) is -3.60. The Morgan fingerprint density at radius 1 is 1.29 bits per heavy atom. The van der Waals surface area contributed by atoms with E-state index in [1.165, 1.54) is 17.2 Å². The van der Waals surface area contributed by atoms with Crippen LogP contribution in [0.1, 0.15) is 18.4 Å². The van der Waals surface area contributed by atoms with E-state index in [-0.39, 0.29) is 37.0 Å². The van der Waals surface area contributed by atoms with E-state index in [4.69, 9.17) is 5.26 Å². The maximum Gasteiger partial charge on any atom is 0.418 e. The summed E-state index contributed by atoms with van der Waals surface area (Å²) in [4.78, 5) is 19.6. The smallest absolute Gasteiger partial charge is 0.380 e. The second-order valence-corrected chi connectivity index (χ2v) is 7.95. The van der Waals surface area contributed by atoms with Crippen LogP contribution in [0.15, 0.2) is 30.5 Å². The number of amides is 1. The first-order valence-electron chi connectivity index (χ1n) is 10.0. The predicted octanol–water partition coefficient (Wildman–Crippen LogP) is 3.20. The SMILES string of the molecule is N#CC1C[C@H](F)CN1C(=O)CN1CC[C@H](Nc2ccc(C(F)(F)F)c3ncccc23)C1. The fraction of sp³-hybridized carbons (Fsp3) is 0.476. The summed E-state index contributed by atoms with van der Waals surface area (Å²) in [6.45, 7) is 1.15. The van der Waals surface area contributed by atoms with E-state index >= 15 is 0 Å². The number of likely N-dealkylation sites (tertiary alicyclic amines) is 2. The molecular formula is C21H21F4N5O. The van der Waals surface area contributed by atoms with Crippen molar-refractivity contribution in [2.45, 2.75) is 37.3 Å². The summed E-state index contributed by atoms with van der Waals surface area (Å²) < 4.78 is 53.4. The van der Waals surface area contributed by atoms with Crippen LogP contribution >= 0.6 is 0 Å². The fourth-order valence-electron chi connectivity index (χ4n) is 4.31. The Labute approximate surface area is 176 Å². The van der Waals surface area contributed by atoms with Crippen LogP contribution in [0.5, 0.6) is 0 Å². The van der Waals surface area contributed by atoms with E-state index in [0.717, 1.165) is 6.07 Å². The molecule has 6 nitrogen and oxygen atoms in total. The highest BCUT2D eigenvalue weighted by molar-refractivity contribution is 5.93. The van der Waals surface area contributed by atoms with Crippen LogP contribution in [0.25, 0.3) is 10.9 Å². The number of anilines is 1. The molecule has 1 amide bonds. The maximum atomic E-state index is 13.6. The number of halogens is 4. The van der Waals surface area contributed by atoms with Crippen molar-refractivity contribution in [3.8, 4) is 6.07 Å². The first-order valence-corrected chi connectivity index (χ1v) is 10.0. The van der Waals surface area contributed by atoms with Gasteiger partial charge in [0.25, 0.3) is 0 Å². The van der Waals surface area contributed by atoms with Gasteiger partial charge in [-0.15, -0.1) is 0 Å². The van der Waals surface area contributed by atoms with E-state index in [1.54, 1.807) is 12.1 Å². The van der Waals surface area contributed by atoms with Gasteiger partial charge in [-0.1, -0.05) is 0 Å². The molecule has 3 heterocycles. The Morgan fingerprint density at radius 2 is 2.10 bits per heavy atom. The van der Waals surface area contributed by atoms with E-state index in [1.807, 2.05) is 11.0 Å². The largest absolute Gasteiger partial charge is 0.418 e. The molecule has 1 unspecified atom stereocenters. The summed E-state index contributed by atoms with van der Waals surface area (Å²) in [5, 5.41) is 12.8. The van der Waals surface area contributed by atoms with Gasteiger partial charge in [0, 0.05) is 42.8 Å². The molecule has 0 aliphatic carbocycles. The lowest BCUT2D eigenvalue weighted by atomic mass is 10.1. The van der Waals surface area contributed by atoms with Gasteiger partial charge in [-0.25, -0.2) is 4.39 Å². The van der Waals surface area contributed by atoms with Crippen LogP contribution in [-0.2, 0) is 11.0 Å². The summed E-state index contributed by atoms with van der Waals surface area (Å²) in [5.74, 6) is -0.281. The van der Waals surface area contributed by atoms with Crippen molar-refractivity contribution in [2.75, 3.05) is 31.5 Å². The van der Waals surface area contributed by atoms with Crippen LogP contribution in [0.3, 0.4) is 0 Å². The molecule has 1 aromatic carbocycles. The summed E-state index contributed by atoms with van der Waals surface area (Å²) >= 11 is 0. The summed E-state index contributed by atoms with van der Waals surface area (Å²) in [6, 6.07) is 6.80. The minimum atomic E-state index is -4.49. The number of hydrogen-bond acceptors (Lipinski definition) is 5. The molecule has 3 atom stereocenters. The molecule has 164 valence electrons. The molecule has 2 fully saturated rings. The minimum Gasteiger partial charge on any atom is -0.380 e. The van der Waals surface area contributed by atoms with Crippen LogP contribution in [0, 0.1) is 11.3 Å². The number of carbonyl (C=O) groups is 1. The van der Waals surface area contributed by atoms with Crippen molar-refractivity contribution >= 4 is 22.5 Å². The van der Waals surface area contributed by atoms with Crippen molar-refractivity contribution in [2.24, 2.45) is 0 Å². The lowest BCUT2D eigenvalue weighted by Crippen LogP contribution is -2.42. The van der Waals surface area contributed by atoms with E-state index < -0.39 is 24.0 Å². The summed E-state index contributed by atoms with van der Waals surface area (Å²) in [5.41, 5.74) is -0.336. The van der Waals surface area contributed by atoms with Crippen LogP contribution in [0.4, 0.5) is 23.2 Å². The van der Waals surface area contributed by atoms with Gasteiger partial charge in [0.05, 0.1) is 30.2 Å². The van der Waals surface area contributed by atoms with E-state index in [9.17, 15) is 22.4 Å². The second kappa shape index (κ2) is 8.30. The van der Waals surface area contributed by atoms with Crippen LogP contribution < -0.4 is 5.32 Å². The number of nitrogens with one attached hydrogen (secondary N) is 1. The number of aromatic nitrogens is 1. The van der Waals surface area contributed by atoms with Crippen molar-refractivity contribution in [3.63, 3.8) is 0 Å². The Bertz CT molecular complexity index is 1020. The van der Waals surface area contributed by atoms with E-state index in [0.29, 0.717) is 30.6 Å². The Balaban J connectivity index is 1.43. The standard InChI is InChI=1S/C21H21F4N5O/c22-13-8-15(9-26)30(10-13)19(31)12-29-7-5-14(11-29)28-18-4-3-17(21(23,24)25)20-16(18)2-1-6-27-20/h1-4,6,13-15,28H,5,7-8,10-12H2/t13-,14-,15?/m0/s1. The van der Waals surface area contributed by atoms with Gasteiger partial charge >= 0.3 is 6.18 Å². The van der Waals surface area contributed by atoms with Crippen LogP contribution in [0.2, 0.25) is 0 Å². The number of nitriles is 1. The molecule has 4 rings (SSSR count). The molecule has 0 radical (unpaired) electrons. The van der Waals surface area contributed by atoms with Crippen molar-refractivity contribution in [3.05, 3.63) is 36.0 Å². The number of fused-ring (bicyclic) bond motifs is 1. The molecule has 0 bridgehead atoms. The molecule has 31 heavy (non-hydrogen) atoms. The zero-order chi connectivity index (χ0) is 22.2. The number of pyridine rings is 1. The molecule has 2 aromatic rings. The number of alkyl halides is 4. The molecule has 0 spiro atoms. The van der Waals surface area contributed by atoms with Gasteiger partial charge in [-0.2, -0.15) is 18.4 Å². The molecule has 2 aliphatic heterocycles. The number of carbonyl (C=O) groups excluding carboxylic acids is 1. The predicted molar refractivity (Wildman–Crippen MR) is 106 cm³/mol. The first-order chi connectivity index (χ1) is 14.8. The fourth-order valence-corrected chi connectivity index (χ4v) is 4.31. The lowest BCUT2D eigenvalue weighted by molar-refractivity contribution is -0.136. The van der Waals surface area contributed by atoms with Crippen molar-refractivity contribution in [1.82, 2.24) is 14.8 Å². The topological polar surface area (TPSA) is 72.3 Å². The Hall–Kier alpha value is -2.93. The van der Waals surface area contributed by atoms with Gasteiger partial charge in [0.2, 0.25) is 5.91 Å². The molecule has 2 aliphatic rings. The van der Waals surface area contributed by atoms with Gasteiger partial charge in [-0.3, -0.25) is 14.7 Å². The third-order valence-electron chi connectivity index (χ3n) is 5.79. The number of rotatable bonds is 4. The van der Waals surface area contributed by atoms with Gasteiger partial charge in [-0.05, 0) is 30.7 Å². The normalized spacial score (nSPS) is 24.5. The highest BCUT2D eigenvalue weighted by Crippen LogP contribution is 2.36. The van der Waals surface area contributed by atoms with Gasteiger partial charge < -0.3 is 10.2 Å². The molecule has 1 N–H and O–H groups in total. The van der Waals surface area contributed by atoms with Gasteiger partial charge in [0.15, 0.2) is 0 Å². The monoisotopic (exact) mass is 435 g/mol. The first kappa shape index (κ1) is 21.3. The lowest BCUT2D eigenvalue weighted by Gasteiger charge is -2.23. The second-order valence-electron chi connectivity index (χ2n) is 7.95. The Kier molecular flexibility index (Phi) is 5.71. The molecule has 1 aromatic heterocycles. The number of benzene rings is 1. The Morgan fingerprint density at radius 3 is 2.84 bits per heavy atom. The minimum absolute atomic E-state index is 0.0431. The van der Waals surface area contributed by atoms with Crippen molar-refractivity contribution < 1.29 is 22.4 Å². The zero-order valence-electron chi connectivity index (χ0n) is 16.6. The molecule has 10 heteroatoms. The molecule has 2 saturated heterocycles. The number of hydrogen-bond donors (Lipinski definition) is 1. The third kappa shape index (κ3) is 4.42. The quantitative estimate of drug-likeness (QED) is 0.747. The average molecular weight is 435 g/mol. The highest BCUT2D eigenvalue weighted by atomic mass is 19.4.